The van der Waals surface area contributed by atoms with E-state index in [0.29, 0.717) is 6.04 Å². The van der Waals surface area contributed by atoms with Crippen LogP contribution < -0.4 is 10.1 Å². The van der Waals surface area contributed by atoms with E-state index in [4.69, 9.17) is 4.74 Å². The lowest BCUT2D eigenvalue weighted by atomic mass is 9.87. The van der Waals surface area contributed by atoms with Gasteiger partial charge in [-0.2, -0.15) is 0 Å². The maximum atomic E-state index is 9.45. The molecular formula is C18H21NO2. The third-order valence-electron chi connectivity index (χ3n) is 4.18. The number of nitrogens with one attached hydrogen (secondary N) is 1. The summed E-state index contributed by atoms with van der Waals surface area (Å²) in [5.41, 5.74) is 4.67. The van der Waals surface area contributed by atoms with Crippen LogP contribution in [0.3, 0.4) is 0 Å². The highest BCUT2D eigenvalue weighted by atomic mass is 16.5. The Kier molecular flexibility index (Phi) is 4.11. The summed E-state index contributed by atoms with van der Waals surface area (Å²) in [5.74, 6) is 0.921. The summed E-state index contributed by atoms with van der Waals surface area (Å²) in [5, 5.41) is 13.0. The number of benzene rings is 2. The van der Waals surface area contributed by atoms with Gasteiger partial charge >= 0.3 is 0 Å². The van der Waals surface area contributed by atoms with Crippen LogP contribution in [0.25, 0.3) is 0 Å². The Balaban J connectivity index is 1.88. The Hall–Kier alpha value is -2.00. The molecule has 0 saturated heterocycles. The summed E-state index contributed by atoms with van der Waals surface area (Å²) in [6, 6.07) is 14.6. The number of para-hydroxylation sites is 1. The van der Waals surface area contributed by atoms with Crippen molar-refractivity contribution in [1.82, 2.24) is 0 Å². The average molecular weight is 283 g/mol. The molecule has 2 aromatic carbocycles. The van der Waals surface area contributed by atoms with Crippen LogP contribution in [0.1, 0.15) is 35.6 Å². The molecule has 0 aliphatic heterocycles. The summed E-state index contributed by atoms with van der Waals surface area (Å²) < 4.78 is 5.32. The summed E-state index contributed by atoms with van der Waals surface area (Å²) in [6.07, 6.45) is 3.38. The largest absolute Gasteiger partial charge is 0.497 e. The molecule has 0 bridgehead atoms. The van der Waals surface area contributed by atoms with E-state index in [0.717, 1.165) is 29.8 Å². The quantitative estimate of drug-likeness (QED) is 0.899. The molecule has 0 spiro atoms. The second-order valence-electron chi connectivity index (χ2n) is 5.47. The molecule has 2 N–H and O–H groups in total. The van der Waals surface area contributed by atoms with Crippen molar-refractivity contribution in [2.24, 2.45) is 0 Å². The minimum absolute atomic E-state index is 0.0609. The van der Waals surface area contributed by atoms with E-state index in [1.165, 1.54) is 17.5 Å². The van der Waals surface area contributed by atoms with Crippen molar-refractivity contribution in [2.75, 3.05) is 12.4 Å². The van der Waals surface area contributed by atoms with E-state index >= 15 is 0 Å². The van der Waals surface area contributed by atoms with Crippen molar-refractivity contribution >= 4 is 5.69 Å². The molecule has 0 aromatic heterocycles. The van der Waals surface area contributed by atoms with E-state index < -0.39 is 0 Å². The smallest absolute Gasteiger partial charge is 0.119 e. The minimum atomic E-state index is 0.0609. The zero-order valence-electron chi connectivity index (χ0n) is 12.3. The number of methoxy groups -OCH3 is 1. The summed E-state index contributed by atoms with van der Waals surface area (Å²) in [7, 11) is 1.71. The Morgan fingerprint density at radius 3 is 2.90 bits per heavy atom. The van der Waals surface area contributed by atoms with Crippen LogP contribution in [-0.2, 0) is 13.0 Å². The standard InChI is InChI=1S/C18H21NO2/c1-21-15-9-10-16-13(11-15)6-4-8-18(16)19-17-7-3-2-5-14(17)12-20/h2-3,5,7,9-11,18-20H,4,6,8,12H2,1H3. The number of hydrogen-bond acceptors (Lipinski definition) is 3. The molecule has 1 atom stereocenters. The van der Waals surface area contributed by atoms with Crippen molar-refractivity contribution in [2.45, 2.75) is 31.9 Å². The molecule has 1 unspecified atom stereocenters. The summed E-state index contributed by atoms with van der Waals surface area (Å²) in [6.45, 7) is 0.0609. The van der Waals surface area contributed by atoms with Crippen molar-refractivity contribution in [3.8, 4) is 5.75 Å². The number of fused-ring (bicyclic) bond motifs is 1. The molecule has 3 heteroatoms. The van der Waals surface area contributed by atoms with Gasteiger partial charge in [-0.1, -0.05) is 24.3 Å². The Bertz CT molecular complexity index is 624. The van der Waals surface area contributed by atoms with Crippen LogP contribution in [0.15, 0.2) is 42.5 Å². The van der Waals surface area contributed by atoms with Crippen molar-refractivity contribution in [3.05, 3.63) is 59.2 Å². The van der Waals surface area contributed by atoms with Gasteiger partial charge in [-0.15, -0.1) is 0 Å². The first kappa shape index (κ1) is 14.0. The Morgan fingerprint density at radius 1 is 1.24 bits per heavy atom. The van der Waals surface area contributed by atoms with Gasteiger partial charge in [0.25, 0.3) is 0 Å². The van der Waals surface area contributed by atoms with Crippen LogP contribution in [0.5, 0.6) is 5.75 Å². The first-order chi connectivity index (χ1) is 10.3. The van der Waals surface area contributed by atoms with Gasteiger partial charge in [-0.3, -0.25) is 0 Å². The molecule has 3 nitrogen and oxygen atoms in total. The number of ether oxygens (including phenoxy) is 1. The third kappa shape index (κ3) is 2.88. The lowest BCUT2D eigenvalue weighted by Gasteiger charge is -2.28. The van der Waals surface area contributed by atoms with Gasteiger partial charge in [0.1, 0.15) is 5.75 Å². The molecule has 1 aliphatic carbocycles. The maximum absolute atomic E-state index is 9.45. The van der Waals surface area contributed by atoms with Crippen molar-refractivity contribution < 1.29 is 9.84 Å². The third-order valence-corrected chi connectivity index (χ3v) is 4.18. The molecule has 1 aliphatic rings. The SMILES string of the molecule is COc1ccc2c(c1)CCCC2Nc1ccccc1CO. The van der Waals surface area contributed by atoms with Crippen LogP contribution in [0.4, 0.5) is 5.69 Å². The molecule has 3 rings (SSSR count). The zero-order chi connectivity index (χ0) is 14.7. The average Bonchev–Trinajstić information content (AvgIpc) is 2.55. The topological polar surface area (TPSA) is 41.5 Å². The molecule has 2 aromatic rings. The number of aliphatic hydroxyl groups excluding tert-OH is 1. The molecule has 0 heterocycles. The van der Waals surface area contributed by atoms with Gasteiger partial charge in [0.15, 0.2) is 0 Å². The first-order valence-electron chi connectivity index (χ1n) is 7.44. The molecular weight excluding hydrogens is 262 g/mol. The molecule has 0 saturated carbocycles. The Morgan fingerprint density at radius 2 is 2.10 bits per heavy atom. The number of hydrogen-bond donors (Lipinski definition) is 2. The first-order valence-corrected chi connectivity index (χ1v) is 7.44. The minimum Gasteiger partial charge on any atom is -0.497 e. The predicted octanol–water partition coefficient (Wildman–Crippen LogP) is 3.68. The second-order valence-corrected chi connectivity index (χ2v) is 5.47. The van der Waals surface area contributed by atoms with Gasteiger partial charge in [0.2, 0.25) is 0 Å². The van der Waals surface area contributed by atoms with E-state index in [1.54, 1.807) is 7.11 Å². The fourth-order valence-corrected chi connectivity index (χ4v) is 3.05. The molecule has 0 radical (unpaired) electrons. The van der Waals surface area contributed by atoms with Crippen molar-refractivity contribution in [3.63, 3.8) is 0 Å². The highest BCUT2D eigenvalue weighted by molar-refractivity contribution is 5.53. The summed E-state index contributed by atoms with van der Waals surface area (Å²) >= 11 is 0. The van der Waals surface area contributed by atoms with Crippen LogP contribution in [0.2, 0.25) is 0 Å². The van der Waals surface area contributed by atoms with Gasteiger partial charge < -0.3 is 15.2 Å². The van der Waals surface area contributed by atoms with Crippen molar-refractivity contribution in [1.29, 1.82) is 0 Å². The fourth-order valence-electron chi connectivity index (χ4n) is 3.05. The number of rotatable bonds is 4. The molecule has 0 amide bonds. The molecule has 0 fully saturated rings. The monoisotopic (exact) mass is 283 g/mol. The fraction of sp³-hybridized carbons (Fsp3) is 0.333. The molecule has 21 heavy (non-hydrogen) atoms. The van der Waals surface area contributed by atoms with Gasteiger partial charge in [0, 0.05) is 11.3 Å². The van der Waals surface area contributed by atoms with E-state index in [2.05, 4.69) is 17.4 Å². The second kappa shape index (κ2) is 6.19. The maximum Gasteiger partial charge on any atom is 0.119 e. The zero-order valence-corrected chi connectivity index (χ0v) is 12.3. The lowest BCUT2D eigenvalue weighted by Crippen LogP contribution is -2.18. The van der Waals surface area contributed by atoms with Gasteiger partial charge in [0.05, 0.1) is 19.8 Å². The highest BCUT2D eigenvalue weighted by Gasteiger charge is 2.21. The number of aryl methyl sites for hydroxylation is 1. The van der Waals surface area contributed by atoms with Crippen LogP contribution in [0, 0.1) is 0 Å². The van der Waals surface area contributed by atoms with Crippen LogP contribution >= 0.6 is 0 Å². The lowest BCUT2D eigenvalue weighted by molar-refractivity contribution is 0.282. The highest BCUT2D eigenvalue weighted by Crippen LogP contribution is 2.35. The van der Waals surface area contributed by atoms with Gasteiger partial charge in [-0.25, -0.2) is 0 Å². The van der Waals surface area contributed by atoms with Gasteiger partial charge in [-0.05, 0) is 48.6 Å². The predicted molar refractivity (Wildman–Crippen MR) is 84.7 cm³/mol. The van der Waals surface area contributed by atoms with E-state index in [1.807, 2.05) is 30.3 Å². The molecule has 110 valence electrons. The van der Waals surface area contributed by atoms with E-state index in [9.17, 15) is 5.11 Å². The number of anilines is 1. The van der Waals surface area contributed by atoms with E-state index in [-0.39, 0.29) is 6.61 Å². The number of aliphatic hydroxyl groups is 1. The van der Waals surface area contributed by atoms with Crippen LogP contribution in [-0.4, -0.2) is 12.2 Å². The normalized spacial score (nSPS) is 17.1. The summed E-state index contributed by atoms with van der Waals surface area (Å²) in [4.78, 5) is 0. The Labute approximate surface area is 125 Å².